The molecule has 7 aromatic carbocycles. The van der Waals surface area contributed by atoms with Crippen LogP contribution in [0.25, 0.3) is 72.5 Å². The standard InChI is InChI=1S/C48H34N2O/c1-3-5-19-39-40-23-15-26-45(48(40)51-46(39)4-2)49(35-17-7-6-8-18-35)36-30-27-34(28-31-36)37-20-11-13-24-42(37)50-43-25-14-12-22-41(43)47-38-21-10-9-16-33(38)29-32-44(47)50/h3-32H,1-2H2/b19-5-. The van der Waals surface area contributed by atoms with Gasteiger partial charge in [0.1, 0.15) is 5.76 Å². The van der Waals surface area contributed by atoms with Gasteiger partial charge in [-0.05, 0) is 70.9 Å². The number of benzene rings is 7. The lowest BCUT2D eigenvalue weighted by molar-refractivity contribution is 0.604. The number of allylic oxidation sites excluding steroid dienone is 2. The summed E-state index contributed by atoms with van der Waals surface area (Å²) in [5.41, 5.74) is 10.6. The number of hydrogen-bond donors (Lipinski definition) is 0. The molecular weight excluding hydrogens is 621 g/mol. The first-order valence-electron chi connectivity index (χ1n) is 17.2. The van der Waals surface area contributed by atoms with Gasteiger partial charge in [-0.2, -0.15) is 0 Å². The maximum atomic E-state index is 6.50. The molecule has 0 N–H and O–H groups in total. The Balaban J connectivity index is 1.20. The Kier molecular flexibility index (Phi) is 7.44. The Labute approximate surface area is 296 Å². The van der Waals surface area contributed by atoms with Crippen molar-refractivity contribution in [1.29, 1.82) is 0 Å². The van der Waals surface area contributed by atoms with Crippen LogP contribution >= 0.6 is 0 Å². The molecule has 0 aliphatic rings. The van der Waals surface area contributed by atoms with E-state index in [9.17, 15) is 0 Å². The molecule has 3 nitrogen and oxygen atoms in total. The zero-order chi connectivity index (χ0) is 34.3. The van der Waals surface area contributed by atoms with Crippen LogP contribution in [0, 0.1) is 0 Å². The number of nitrogens with zero attached hydrogens (tertiary/aromatic N) is 2. The molecule has 9 rings (SSSR count). The van der Waals surface area contributed by atoms with Crippen molar-refractivity contribution in [3.63, 3.8) is 0 Å². The van der Waals surface area contributed by atoms with Gasteiger partial charge in [0.05, 0.1) is 22.4 Å². The number of anilines is 3. The van der Waals surface area contributed by atoms with E-state index in [0.717, 1.165) is 56.2 Å². The van der Waals surface area contributed by atoms with Crippen LogP contribution in [0.2, 0.25) is 0 Å². The summed E-state index contributed by atoms with van der Waals surface area (Å²) in [5.74, 6) is 0.730. The summed E-state index contributed by atoms with van der Waals surface area (Å²) in [6.07, 6.45) is 7.50. The molecular formula is C48H34N2O. The van der Waals surface area contributed by atoms with Crippen LogP contribution in [-0.4, -0.2) is 4.57 Å². The van der Waals surface area contributed by atoms with Gasteiger partial charge in [-0.1, -0.05) is 141 Å². The Morgan fingerprint density at radius 2 is 1.27 bits per heavy atom. The summed E-state index contributed by atoms with van der Waals surface area (Å²) in [5, 5.41) is 6.06. The predicted molar refractivity (Wildman–Crippen MR) is 217 cm³/mol. The van der Waals surface area contributed by atoms with Crippen molar-refractivity contribution in [2.75, 3.05) is 4.90 Å². The van der Waals surface area contributed by atoms with Crippen LogP contribution in [0.3, 0.4) is 0 Å². The fraction of sp³-hybridized carbons (Fsp3) is 0. The second kappa shape index (κ2) is 12.6. The van der Waals surface area contributed by atoms with Gasteiger partial charge in [0.25, 0.3) is 0 Å². The van der Waals surface area contributed by atoms with Crippen LogP contribution in [0.5, 0.6) is 0 Å². The average molecular weight is 655 g/mol. The maximum absolute atomic E-state index is 6.50. The van der Waals surface area contributed by atoms with Crippen LogP contribution in [0.4, 0.5) is 17.1 Å². The lowest BCUT2D eigenvalue weighted by atomic mass is 10.0. The van der Waals surface area contributed by atoms with Crippen molar-refractivity contribution in [3.05, 3.63) is 194 Å². The first kappa shape index (κ1) is 30.2. The van der Waals surface area contributed by atoms with E-state index in [1.54, 1.807) is 12.2 Å². The van der Waals surface area contributed by atoms with Gasteiger partial charge < -0.3 is 13.9 Å². The summed E-state index contributed by atoms with van der Waals surface area (Å²) in [4.78, 5) is 2.26. The van der Waals surface area contributed by atoms with Crippen molar-refractivity contribution in [1.82, 2.24) is 4.57 Å². The summed E-state index contributed by atoms with van der Waals surface area (Å²) >= 11 is 0. The van der Waals surface area contributed by atoms with Gasteiger partial charge in [0.15, 0.2) is 5.58 Å². The van der Waals surface area contributed by atoms with Crippen LogP contribution in [-0.2, 0) is 0 Å². The molecule has 51 heavy (non-hydrogen) atoms. The predicted octanol–water partition coefficient (Wildman–Crippen LogP) is 13.7. The minimum Gasteiger partial charge on any atom is -0.454 e. The Morgan fingerprint density at radius 3 is 2.10 bits per heavy atom. The Morgan fingerprint density at radius 1 is 0.569 bits per heavy atom. The fourth-order valence-electron chi connectivity index (χ4n) is 7.51. The van der Waals surface area contributed by atoms with Crippen molar-refractivity contribution in [3.8, 4) is 16.8 Å². The van der Waals surface area contributed by atoms with Crippen molar-refractivity contribution in [2.24, 2.45) is 0 Å². The molecule has 0 aliphatic heterocycles. The highest BCUT2D eigenvalue weighted by Gasteiger charge is 2.21. The molecule has 0 aliphatic carbocycles. The Hall–Kier alpha value is -6.84. The van der Waals surface area contributed by atoms with Gasteiger partial charge in [-0.15, -0.1) is 0 Å². The lowest BCUT2D eigenvalue weighted by Crippen LogP contribution is -2.10. The molecule has 0 amide bonds. The van der Waals surface area contributed by atoms with E-state index >= 15 is 0 Å². The van der Waals surface area contributed by atoms with E-state index < -0.39 is 0 Å². The molecule has 0 unspecified atom stereocenters. The topological polar surface area (TPSA) is 21.3 Å². The van der Waals surface area contributed by atoms with E-state index in [4.69, 9.17) is 4.42 Å². The highest BCUT2D eigenvalue weighted by atomic mass is 16.3. The summed E-state index contributed by atoms with van der Waals surface area (Å²) in [6.45, 7) is 7.88. The van der Waals surface area contributed by atoms with Gasteiger partial charge >= 0.3 is 0 Å². The third kappa shape index (κ3) is 4.98. The molecule has 0 saturated carbocycles. The van der Waals surface area contributed by atoms with Gasteiger partial charge in [-0.3, -0.25) is 0 Å². The largest absolute Gasteiger partial charge is 0.454 e. The third-order valence-corrected chi connectivity index (χ3v) is 9.75. The number of para-hydroxylation sites is 4. The van der Waals surface area contributed by atoms with Gasteiger partial charge in [-0.25, -0.2) is 0 Å². The highest BCUT2D eigenvalue weighted by Crippen LogP contribution is 2.43. The monoisotopic (exact) mass is 654 g/mol. The molecule has 0 atom stereocenters. The smallest absolute Gasteiger partial charge is 0.159 e. The van der Waals surface area contributed by atoms with Crippen molar-refractivity contribution in [2.45, 2.75) is 0 Å². The van der Waals surface area contributed by atoms with E-state index in [0.29, 0.717) is 0 Å². The molecule has 0 spiro atoms. The highest BCUT2D eigenvalue weighted by molar-refractivity contribution is 6.21. The molecule has 0 radical (unpaired) electrons. The normalized spacial score (nSPS) is 11.6. The lowest BCUT2D eigenvalue weighted by Gasteiger charge is -2.26. The van der Waals surface area contributed by atoms with Gasteiger partial charge in [0.2, 0.25) is 0 Å². The minimum absolute atomic E-state index is 0.730. The molecule has 3 heteroatoms. The number of aromatic nitrogens is 1. The van der Waals surface area contributed by atoms with Crippen LogP contribution in [0.15, 0.2) is 187 Å². The average Bonchev–Trinajstić information content (AvgIpc) is 3.74. The fourth-order valence-corrected chi connectivity index (χ4v) is 7.51. The van der Waals surface area contributed by atoms with E-state index in [2.05, 4.69) is 174 Å². The SMILES string of the molecule is C=C/C=C\c1c(C=C)oc2c(N(c3ccccc3)c3ccc(-c4ccccc4-n4c5ccccc5c5c6ccccc6ccc54)cc3)cccc12. The van der Waals surface area contributed by atoms with Crippen LogP contribution < -0.4 is 4.90 Å². The summed E-state index contributed by atoms with van der Waals surface area (Å²) in [6, 6.07) is 56.2. The molecule has 9 aromatic rings. The van der Waals surface area contributed by atoms with Crippen LogP contribution in [0.1, 0.15) is 11.3 Å². The van der Waals surface area contributed by atoms with E-state index in [-0.39, 0.29) is 0 Å². The first-order chi connectivity index (χ1) is 25.2. The minimum atomic E-state index is 0.730. The maximum Gasteiger partial charge on any atom is 0.159 e. The quantitative estimate of drug-likeness (QED) is 0.152. The number of hydrogen-bond acceptors (Lipinski definition) is 2. The molecule has 2 aromatic heterocycles. The van der Waals surface area contributed by atoms with Crippen molar-refractivity contribution < 1.29 is 4.42 Å². The zero-order valence-corrected chi connectivity index (χ0v) is 28.0. The molecule has 0 saturated heterocycles. The molecule has 0 fully saturated rings. The number of rotatable bonds is 8. The Bertz CT molecular complexity index is 2780. The third-order valence-electron chi connectivity index (χ3n) is 9.75. The molecule has 2 heterocycles. The van der Waals surface area contributed by atoms with Gasteiger partial charge in [0, 0.05) is 38.7 Å². The van der Waals surface area contributed by atoms with Crippen molar-refractivity contribution >= 4 is 72.8 Å². The number of furan rings is 1. The first-order valence-corrected chi connectivity index (χ1v) is 17.2. The summed E-state index contributed by atoms with van der Waals surface area (Å²) < 4.78 is 8.92. The summed E-state index contributed by atoms with van der Waals surface area (Å²) in [7, 11) is 0. The van der Waals surface area contributed by atoms with E-state index in [1.165, 1.54) is 32.6 Å². The molecule has 0 bridgehead atoms. The van der Waals surface area contributed by atoms with E-state index in [1.807, 2.05) is 18.2 Å². The second-order valence-corrected chi connectivity index (χ2v) is 12.6. The zero-order valence-electron chi connectivity index (χ0n) is 28.0. The molecule has 242 valence electrons. The second-order valence-electron chi connectivity index (χ2n) is 12.6. The number of fused-ring (bicyclic) bond motifs is 6.